The van der Waals surface area contributed by atoms with Gasteiger partial charge in [-0.25, -0.2) is 4.98 Å². The van der Waals surface area contributed by atoms with E-state index in [1.54, 1.807) is 0 Å². The second kappa shape index (κ2) is 4.61. The fourth-order valence-corrected chi connectivity index (χ4v) is 2.88. The van der Waals surface area contributed by atoms with E-state index in [9.17, 15) is 4.79 Å². The van der Waals surface area contributed by atoms with Crippen LogP contribution in [0.5, 0.6) is 0 Å². The molecule has 0 radical (unpaired) electrons. The van der Waals surface area contributed by atoms with E-state index >= 15 is 0 Å². The first-order valence-electron chi connectivity index (χ1n) is 6.68. The summed E-state index contributed by atoms with van der Waals surface area (Å²) in [6, 6.07) is 4.11. The lowest BCUT2D eigenvalue weighted by Gasteiger charge is -2.24. The molecule has 2 aromatic heterocycles. The number of fused-ring (bicyclic) bond motifs is 1. The normalized spacial score (nSPS) is 18.1. The molecule has 1 unspecified atom stereocenters. The second-order valence-electron chi connectivity index (χ2n) is 5.15. The molecule has 0 aliphatic heterocycles. The third kappa shape index (κ3) is 2.07. The van der Waals surface area contributed by atoms with Crippen molar-refractivity contribution in [1.82, 2.24) is 15.0 Å². The molecule has 19 heavy (non-hydrogen) atoms. The molecule has 0 amide bonds. The fourth-order valence-electron chi connectivity index (χ4n) is 2.88. The summed E-state index contributed by atoms with van der Waals surface area (Å²) in [5.74, 6) is 0.833. The molecule has 2 aromatic rings. The molecule has 4 heteroatoms. The minimum Gasteiger partial charge on any atom is -0.311 e. The zero-order chi connectivity index (χ0) is 13.4. The van der Waals surface area contributed by atoms with Crippen LogP contribution in [0.2, 0.25) is 0 Å². The van der Waals surface area contributed by atoms with E-state index in [1.165, 1.54) is 5.56 Å². The van der Waals surface area contributed by atoms with Gasteiger partial charge in [-0.15, -0.1) is 0 Å². The first-order valence-corrected chi connectivity index (χ1v) is 6.68. The Morgan fingerprint density at radius 3 is 3.00 bits per heavy atom. The largest absolute Gasteiger partial charge is 0.311 e. The quantitative estimate of drug-likeness (QED) is 0.850. The van der Waals surface area contributed by atoms with Crippen LogP contribution in [0.15, 0.2) is 23.1 Å². The van der Waals surface area contributed by atoms with Crippen LogP contribution in [0.1, 0.15) is 47.1 Å². The van der Waals surface area contributed by atoms with Crippen molar-refractivity contribution in [1.29, 1.82) is 0 Å². The summed E-state index contributed by atoms with van der Waals surface area (Å²) in [5.41, 5.74) is 3.95. The lowest BCUT2D eigenvalue weighted by Crippen LogP contribution is -2.22. The second-order valence-corrected chi connectivity index (χ2v) is 5.15. The Kier molecular flexibility index (Phi) is 2.93. The molecule has 0 bridgehead atoms. The number of aromatic amines is 1. The standard InChI is InChI=1S/C15H17N3O/c1-9-13(17-10(2)18-15(9)19)12-7-3-5-11-6-4-8-16-14(11)12/h4,6,8,12H,3,5,7H2,1-2H3,(H,17,18,19). The molecular weight excluding hydrogens is 238 g/mol. The Labute approximate surface area is 111 Å². The first-order chi connectivity index (χ1) is 9.16. The molecule has 0 fully saturated rings. The topological polar surface area (TPSA) is 58.6 Å². The Hall–Kier alpha value is -1.97. The minimum atomic E-state index is -0.0365. The van der Waals surface area contributed by atoms with E-state index in [2.05, 4.69) is 21.0 Å². The number of nitrogens with one attached hydrogen (secondary N) is 1. The third-order valence-electron chi connectivity index (χ3n) is 3.83. The molecule has 0 aromatic carbocycles. The predicted molar refractivity (Wildman–Crippen MR) is 73.3 cm³/mol. The van der Waals surface area contributed by atoms with Gasteiger partial charge in [-0.2, -0.15) is 0 Å². The zero-order valence-electron chi connectivity index (χ0n) is 11.2. The van der Waals surface area contributed by atoms with Crippen molar-refractivity contribution in [3.8, 4) is 0 Å². The van der Waals surface area contributed by atoms with E-state index in [1.807, 2.05) is 26.1 Å². The smallest absolute Gasteiger partial charge is 0.254 e. The number of nitrogens with zero attached hydrogens (tertiary/aromatic N) is 2. The highest BCUT2D eigenvalue weighted by Crippen LogP contribution is 2.34. The van der Waals surface area contributed by atoms with Gasteiger partial charge in [-0.1, -0.05) is 6.07 Å². The van der Waals surface area contributed by atoms with Gasteiger partial charge in [0, 0.05) is 17.7 Å². The van der Waals surface area contributed by atoms with Crippen LogP contribution in [-0.4, -0.2) is 15.0 Å². The lowest BCUT2D eigenvalue weighted by molar-refractivity contribution is 0.581. The number of aromatic nitrogens is 3. The first kappa shape index (κ1) is 12.1. The van der Waals surface area contributed by atoms with Gasteiger partial charge < -0.3 is 4.98 Å². The Bertz CT molecular complexity index is 675. The van der Waals surface area contributed by atoms with Crippen molar-refractivity contribution in [3.05, 3.63) is 57.0 Å². The SMILES string of the molecule is Cc1nc(C2CCCc3cccnc32)c(C)c(=O)[nH]1. The average molecular weight is 255 g/mol. The van der Waals surface area contributed by atoms with Crippen LogP contribution in [-0.2, 0) is 6.42 Å². The number of aryl methyl sites for hydroxylation is 2. The van der Waals surface area contributed by atoms with Crippen LogP contribution in [0.4, 0.5) is 0 Å². The van der Waals surface area contributed by atoms with Crippen LogP contribution in [0.3, 0.4) is 0 Å². The van der Waals surface area contributed by atoms with Crippen molar-refractivity contribution in [2.45, 2.75) is 39.0 Å². The van der Waals surface area contributed by atoms with Crippen molar-refractivity contribution < 1.29 is 0 Å². The number of pyridine rings is 1. The molecule has 4 nitrogen and oxygen atoms in total. The predicted octanol–water partition coefficient (Wildman–Crippen LogP) is 2.25. The summed E-state index contributed by atoms with van der Waals surface area (Å²) in [6.45, 7) is 3.67. The van der Waals surface area contributed by atoms with Gasteiger partial charge in [0.2, 0.25) is 0 Å². The van der Waals surface area contributed by atoms with Gasteiger partial charge in [-0.3, -0.25) is 9.78 Å². The van der Waals surface area contributed by atoms with Gasteiger partial charge in [0.15, 0.2) is 0 Å². The highest BCUT2D eigenvalue weighted by Gasteiger charge is 2.26. The van der Waals surface area contributed by atoms with Gasteiger partial charge in [0.05, 0.1) is 11.4 Å². The van der Waals surface area contributed by atoms with E-state index in [-0.39, 0.29) is 11.5 Å². The van der Waals surface area contributed by atoms with Crippen LogP contribution < -0.4 is 5.56 Å². The number of hydrogen-bond acceptors (Lipinski definition) is 3. The molecular formula is C15H17N3O. The highest BCUT2D eigenvalue weighted by atomic mass is 16.1. The van der Waals surface area contributed by atoms with Crippen LogP contribution in [0.25, 0.3) is 0 Å². The Balaban J connectivity index is 2.17. The maximum atomic E-state index is 11.9. The van der Waals surface area contributed by atoms with Crippen molar-refractivity contribution >= 4 is 0 Å². The van der Waals surface area contributed by atoms with E-state index in [0.717, 1.165) is 30.7 Å². The summed E-state index contributed by atoms with van der Waals surface area (Å²) < 4.78 is 0. The van der Waals surface area contributed by atoms with Crippen molar-refractivity contribution in [3.63, 3.8) is 0 Å². The minimum absolute atomic E-state index is 0.0365. The molecule has 2 heterocycles. The van der Waals surface area contributed by atoms with E-state index in [0.29, 0.717) is 11.4 Å². The third-order valence-corrected chi connectivity index (χ3v) is 3.83. The van der Waals surface area contributed by atoms with E-state index < -0.39 is 0 Å². The number of rotatable bonds is 1. The van der Waals surface area contributed by atoms with Crippen molar-refractivity contribution in [2.24, 2.45) is 0 Å². The van der Waals surface area contributed by atoms with Gasteiger partial charge in [-0.05, 0) is 44.7 Å². The van der Waals surface area contributed by atoms with Gasteiger partial charge >= 0.3 is 0 Å². The van der Waals surface area contributed by atoms with Crippen molar-refractivity contribution in [2.75, 3.05) is 0 Å². The molecule has 0 spiro atoms. The van der Waals surface area contributed by atoms with Gasteiger partial charge in [0.1, 0.15) is 5.82 Å². The summed E-state index contributed by atoms with van der Waals surface area (Å²) in [5, 5.41) is 0. The number of H-pyrrole nitrogens is 1. The molecule has 3 rings (SSSR count). The fraction of sp³-hybridized carbons (Fsp3) is 0.400. The van der Waals surface area contributed by atoms with Gasteiger partial charge in [0.25, 0.3) is 5.56 Å². The zero-order valence-corrected chi connectivity index (χ0v) is 11.2. The molecule has 1 aliphatic carbocycles. The highest BCUT2D eigenvalue weighted by molar-refractivity contribution is 5.35. The maximum Gasteiger partial charge on any atom is 0.254 e. The molecule has 1 aliphatic rings. The van der Waals surface area contributed by atoms with Crippen LogP contribution in [0, 0.1) is 13.8 Å². The summed E-state index contributed by atoms with van der Waals surface area (Å²) in [4.78, 5) is 23.7. The average Bonchev–Trinajstić information content (AvgIpc) is 2.42. The molecule has 1 atom stereocenters. The molecule has 98 valence electrons. The molecule has 1 N–H and O–H groups in total. The Morgan fingerprint density at radius 2 is 2.16 bits per heavy atom. The monoisotopic (exact) mass is 255 g/mol. The van der Waals surface area contributed by atoms with E-state index in [4.69, 9.17) is 0 Å². The summed E-state index contributed by atoms with van der Waals surface area (Å²) in [6.07, 6.45) is 5.03. The summed E-state index contributed by atoms with van der Waals surface area (Å²) in [7, 11) is 0. The van der Waals surface area contributed by atoms with Crippen LogP contribution >= 0.6 is 0 Å². The lowest BCUT2D eigenvalue weighted by atomic mass is 9.83. The maximum absolute atomic E-state index is 11.9. The number of hydrogen-bond donors (Lipinski definition) is 1. The Morgan fingerprint density at radius 1 is 1.32 bits per heavy atom. The molecule has 0 saturated heterocycles. The molecule has 0 saturated carbocycles. The summed E-state index contributed by atoms with van der Waals surface area (Å²) >= 11 is 0.